The van der Waals surface area contributed by atoms with Gasteiger partial charge < -0.3 is 9.64 Å². The third-order valence-electron chi connectivity index (χ3n) is 3.21. The number of ether oxygens (including phenoxy) is 1. The van der Waals surface area contributed by atoms with E-state index in [0.717, 1.165) is 18.4 Å². The first-order valence-corrected chi connectivity index (χ1v) is 7.18. The van der Waals surface area contributed by atoms with Gasteiger partial charge in [0.05, 0.1) is 13.0 Å². The Morgan fingerprint density at radius 1 is 1.35 bits per heavy atom. The van der Waals surface area contributed by atoms with E-state index in [1.807, 2.05) is 18.2 Å². The summed E-state index contributed by atoms with van der Waals surface area (Å²) < 4.78 is 4.92. The smallest absolute Gasteiger partial charge is 0.325 e. The highest BCUT2D eigenvalue weighted by molar-refractivity contribution is 6.31. The highest BCUT2D eigenvalue weighted by Gasteiger charge is 2.34. The molecule has 0 unspecified atom stereocenters. The number of amides is 1. The van der Waals surface area contributed by atoms with Gasteiger partial charge in [-0.1, -0.05) is 29.8 Å². The predicted molar refractivity (Wildman–Crippen MR) is 76.5 cm³/mol. The Morgan fingerprint density at radius 3 is 2.65 bits per heavy atom. The van der Waals surface area contributed by atoms with Crippen LogP contribution in [-0.2, 0) is 20.7 Å². The van der Waals surface area contributed by atoms with E-state index in [4.69, 9.17) is 16.3 Å². The van der Waals surface area contributed by atoms with Gasteiger partial charge in [-0.15, -0.1) is 0 Å². The maximum Gasteiger partial charge on any atom is 0.325 e. The van der Waals surface area contributed by atoms with Gasteiger partial charge in [-0.25, -0.2) is 0 Å². The molecular weight excluding hydrogens is 278 g/mol. The normalized spacial score (nSPS) is 13.9. The second-order valence-electron chi connectivity index (χ2n) is 4.83. The third-order valence-corrected chi connectivity index (χ3v) is 3.58. The van der Waals surface area contributed by atoms with E-state index in [0.29, 0.717) is 11.6 Å². The van der Waals surface area contributed by atoms with Crippen LogP contribution in [0.5, 0.6) is 0 Å². The van der Waals surface area contributed by atoms with Crippen molar-refractivity contribution in [2.45, 2.75) is 32.2 Å². The zero-order chi connectivity index (χ0) is 14.5. The summed E-state index contributed by atoms with van der Waals surface area (Å²) in [5, 5.41) is 0.577. The van der Waals surface area contributed by atoms with Crippen LogP contribution < -0.4 is 0 Å². The molecule has 0 saturated heterocycles. The van der Waals surface area contributed by atoms with E-state index < -0.39 is 0 Å². The molecule has 20 heavy (non-hydrogen) atoms. The van der Waals surface area contributed by atoms with Crippen molar-refractivity contribution in [1.82, 2.24) is 4.90 Å². The van der Waals surface area contributed by atoms with Gasteiger partial charge >= 0.3 is 5.97 Å². The van der Waals surface area contributed by atoms with Crippen LogP contribution in [0.15, 0.2) is 24.3 Å². The van der Waals surface area contributed by atoms with Crippen LogP contribution >= 0.6 is 11.6 Å². The van der Waals surface area contributed by atoms with Crippen LogP contribution in [0, 0.1) is 0 Å². The molecule has 4 nitrogen and oxygen atoms in total. The lowest BCUT2D eigenvalue weighted by Gasteiger charge is -2.21. The van der Waals surface area contributed by atoms with Gasteiger partial charge in [-0.2, -0.15) is 0 Å². The zero-order valence-corrected chi connectivity index (χ0v) is 12.2. The minimum Gasteiger partial charge on any atom is -0.465 e. The standard InChI is InChI=1S/C15H18ClNO3/c1-2-20-15(19)10-17(12-7-8-12)14(18)9-11-5-3-4-6-13(11)16/h3-6,12H,2,7-10H2,1H3. The van der Waals surface area contributed by atoms with Gasteiger partial charge in [0, 0.05) is 11.1 Å². The molecule has 1 aliphatic carbocycles. The average molecular weight is 296 g/mol. The molecule has 1 aromatic carbocycles. The van der Waals surface area contributed by atoms with Crippen molar-refractivity contribution in [3.63, 3.8) is 0 Å². The fraction of sp³-hybridized carbons (Fsp3) is 0.467. The Hall–Kier alpha value is -1.55. The summed E-state index contributed by atoms with van der Waals surface area (Å²) in [4.78, 5) is 25.5. The predicted octanol–water partition coefficient (Wildman–Crippen LogP) is 2.44. The minimum absolute atomic E-state index is 0.0296. The number of hydrogen-bond acceptors (Lipinski definition) is 3. The summed E-state index contributed by atoms with van der Waals surface area (Å²) in [5.74, 6) is -0.430. The molecule has 0 aliphatic heterocycles. The molecule has 0 bridgehead atoms. The molecule has 1 aliphatic rings. The van der Waals surface area contributed by atoms with Crippen LogP contribution in [0.2, 0.25) is 5.02 Å². The van der Waals surface area contributed by atoms with Crippen LogP contribution in [-0.4, -0.2) is 36.0 Å². The van der Waals surface area contributed by atoms with Crippen molar-refractivity contribution < 1.29 is 14.3 Å². The Balaban J connectivity index is 2.00. The number of rotatable bonds is 6. The van der Waals surface area contributed by atoms with E-state index in [-0.39, 0.29) is 30.9 Å². The van der Waals surface area contributed by atoms with Crippen LogP contribution in [0.1, 0.15) is 25.3 Å². The van der Waals surface area contributed by atoms with Gasteiger partial charge in [-0.05, 0) is 31.4 Å². The molecule has 1 saturated carbocycles. The van der Waals surface area contributed by atoms with Crippen molar-refractivity contribution >= 4 is 23.5 Å². The number of esters is 1. The number of carbonyl (C=O) groups excluding carboxylic acids is 2. The first-order valence-electron chi connectivity index (χ1n) is 6.80. The van der Waals surface area contributed by atoms with E-state index in [9.17, 15) is 9.59 Å². The SMILES string of the molecule is CCOC(=O)CN(C(=O)Cc1ccccc1Cl)C1CC1. The zero-order valence-electron chi connectivity index (χ0n) is 11.5. The molecule has 0 aromatic heterocycles. The molecule has 108 valence electrons. The lowest BCUT2D eigenvalue weighted by Crippen LogP contribution is -2.39. The molecule has 1 fully saturated rings. The second-order valence-corrected chi connectivity index (χ2v) is 5.23. The Kier molecular flexibility index (Phi) is 5.01. The monoisotopic (exact) mass is 295 g/mol. The second kappa shape index (κ2) is 6.75. The first-order chi connectivity index (χ1) is 9.61. The maximum absolute atomic E-state index is 12.3. The summed E-state index contributed by atoms with van der Waals surface area (Å²) in [6.45, 7) is 2.11. The first kappa shape index (κ1) is 14.9. The highest BCUT2D eigenvalue weighted by atomic mass is 35.5. The fourth-order valence-electron chi connectivity index (χ4n) is 2.06. The van der Waals surface area contributed by atoms with Crippen molar-refractivity contribution in [3.8, 4) is 0 Å². The van der Waals surface area contributed by atoms with Gasteiger partial charge in [0.25, 0.3) is 0 Å². The fourth-order valence-corrected chi connectivity index (χ4v) is 2.26. The molecule has 0 atom stereocenters. The molecular formula is C15H18ClNO3. The molecule has 2 rings (SSSR count). The lowest BCUT2D eigenvalue weighted by molar-refractivity contribution is -0.149. The summed E-state index contributed by atoms with van der Waals surface area (Å²) in [6, 6.07) is 7.44. The third kappa shape index (κ3) is 3.97. The van der Waals surface area contributed by atoms with E-state index in [1.54, 1.807) is 17.9 Å². The molecule has 1 amide bonds. The van der Waals surface area contributed by atoms with Gasteiger partial charge in [0.2, 0.25) is 5.91 Å². The Labute approximate surface area is 123 Å². The lowest BCUT2D eigenvalue weighted by atomic mass is 10.1. The van der Waals surface area contributed by atoms with Crippen molar-refractivity contribution in [2.75, 3.05) is 13.2 Å². The Morgan fingerprint density at radius 2 is 2.05 bits per heavy atom. The number of carbonyl (C=O) groups is 2. The largest absolute Gasteiger partial charge is 0.465 e. The maximum atomic E-state index is 12.3. The van der Waals surface area contributed by atoms with Crippen LogP contribution in [0.3, 0.4) is 0 Å². The summed E-state index contributed by atoms with van der Waals surface area (Å²) >= 11 is 6.06. The summed E-state index contributed by atoms with van der Waals surface area (Å²) in [7, 11) is 0. The molecule has 5 heteroatoms. The van der Waals surface area contributed by atoms with Crippen LogP contribution in [0.4, 0.5) is 0 Å². The van der Waals surface area contributed by atoms with Crippen molar-refractivity contribution in [2.24, 2.45) is 0 Å². The van der Waals surface area contributed by atoms with Gasteiger partial charge in [0.15, 0.2) is 0 Å². The number of halogens is 1. The average Bonchev–Trinajstić information content (AvgIpc) is 3.23. The number of hydrogen-bond donors (Lipinski definition) is 0. The number of nitrogens with zero attached hydrogens (tertiary/aromatic N) is 1. The molecule has 1 aromatic rings. The van der Waals surface area contributed by atoms with Crippen molar-refractivity contribution in [3.05, 3.63) is 34.9 Å². The highest BCUT2D eigenvalue weighted by Crippen LogP contribution is 2.28. The molecule has 0 heterocycles. The van der Waals surface area contributed by atoms with Crippen LogP contribution in [0.25, 0.3) is 0 Å². The topological polar surface area (TPSA) is 46.6 Å². The summed E-state index contributed by atoms with van der Waals surface area (Å²) in [6.07, 6.45) is 2.12. The molecule has 0 N–H and O–H groups in total. The minimum atomic E-state index is -0.355. The van der Waals surface area contributed by atoms with E-state index >= 15 is 0 Å². The van der Waals surface area contributed by atoms with E-state index in [1.165, 1.54) is 0 Å². The molecule has 0 spiro atoms. The Bertz CT molecular complexity index is 500. The van der Waals surface area contributed by atoms with Gasteiger partial charge in [-0.3, -0.25) is 9.59 Å². The molecule has 0 radical (unpaired) electrons. The number of benzene rings is 1. The quantitative estimate of drug-likeness (QED) is 0.757. The van der Waals surface area contributed by atoms with Crippen molar-refractivity contribution in [1.29, 1.82) is 0 Å². The van der Waals surface area contributed by atoms with E-state index in [2.05, 4.69) is 0 Å². The van der Waals surface area contributed by atoms with Gasteiger partial charge in [0.1, 0.15) is 6.54 Å². The summed E-state index contributed by atoms with van der Waals surface area (Å²) in [5.41, 5.74) is 0.786.